The van der Waals surface area contributed by atoms with Gasteiger partial charge in [0.25, 0.3) is 0 Å². The van der Waals surface area contributed by atoms with Gasteiger partial charge in [-0.1, -0.05) is 12.8 Å². The highest BCUT2D eigenvalue weighted by Gasteiger charge is 2.21. The molecule has 1 aromatic carbocycles. The molecule has 0 N–H and O–H groups in total. The maximum atomic E-state index is 11.4. The van der Waals surface area contributed by atoms with Crippen LogP contribution < -0.4 is 9.47 Å². The molecule has 5 heteroatoms. The Kier molecular flexibility index (Phi) is 2.91. The van der Waals surface area contributed by atoms with E-state index >= 15 is 0 Å². The van der Waals surface area contributed by atoms with Crippen LogP contribution in [0.15, 0.2) is 24.4 Å². The van der Waals surface area contributed by atoms with Crippen molar-refractivity contribution in [2.45, 2.75) is 31.7 Å². The molecule has 1 aliphatic heterocycles. The van der Waals surface area contributed by atoms with E-state index in [0.29, 0.717) is 17.4 Å². The highest BCUT2D eigenvalue weighted by atomic mass is 16.7. The highest BCUT2D eigenvalue weighted by Crippen LogP contribution is 2.37. The lowest BCUT2D eigenvalue weighted by Crippen LogP contribution is -2.04. The molecule has 1 aliphatic carbocycles. The van der Waals surface area contributed by atoms with Gasteiger partial charge in [0.1, 0.15) is 5.69 Å². The molecule has 108 valence electrons. The van der Waals surface area contributed by atoms with Gasteiger partial charge >= 0.3 is 0 Å². The number of hydrogen-bond donors (Lipinski definition) is 0. The van der Waals surface area contributed by atoms with Gasteiger partial charge in [0.2, 0.25) is 6.79 Å². The Morgan fingerprint density at radius 2 is 2.00 bits per heavy atom. The zero-order valence-electron chi connectivity index (χ0n) is 11.6. The van der Waals surface area contributed by atoms with Crippen LogP contribution in [0.3, 0.4) is 0 Å². The van der Waals surface area contributed by atoms with Crippen molar-refractivity contribution in [2.24, 2.45) is 0 Å². The minimum absolute atomic E-state index is 0.246. The molecule has 0 bridgehead atoms. The van der Waals surface area contributed by atoms with Crippen molar-refractivity contribution in [3.05, 3.63) is 30.0 Å². The lowest BCUT2D eigenvalue weighted by Gasteiger charge is -2.08. The first kappa shape index (κ1) is 12.4. The topological polar surface area (TPSA) is 53.4 Å². The Balaban J connectivity index is 1.75. The van der Waals surface area contributed by atoms with Crippen LogP contribution in [0, 0.1) is 0 Å². The summed E-state index contributed by atoms with van der Waals surface area (Å²) in [5.74, 6) is 1.45. The van der Waals surface area contributed by atoms with E-state index in [1.54, 1.807) is 0 Å². The van der Waals surface area contributed by atoms with Gasteiger partial charge in [-0.25, -0.2) is 0 Å². The summed E-state index contributed by atoms with van der Waals surface area (Å²) >= 11 is 0. The van der Waals surface area contributed by atoms with Crippen LogP contribution in [-0.2, 0) is 0 Å². The number of nitrogens with zero attached hydrogens (tertiary/aromatic N) is 2. The molecule has 1 aromatic heterocycles. The molecule has 1 saturated carbocycles. The van der Waals surface area contributed by atoms with Gasteiger partial charge < -0.3 is 9.47 Å². The number of carbonyl (C=O) groups excluding carboxylic acids is 1. The Morgan fingerprint density at radius 3 is 2.81 bits per heavy atom. The molecule has 2 aromatic rings. The first-order valence-corrected chi connectivity index (χ1v) is 7.29. The van der Waals surface area contributed by atoms with Crippen molar-refractivity contribution >= 4 is 6.29 Å². The van der Waals surface area contributed by atoms with Gasteiger partial charge in [0, 0.05) is 11.8 Å². The van der Waals surface area contributed by atoms with Crippen LogP contribution >= 0.6 is 0 Å². The van der Waals surface area contributed by atoms with Gasteiger partial charge in [0.05, 0.1) is 11.6 Å². The Morgan fingerprint density at radius 1 is 1.19 bits per heavy atom. The molecule has 0 radical (unpaired) electrons. The molecule has 21 heavy (non-hydrogen) atoms. The Bertz CT molecular complexity index is 687. The summed E-state index contributed by atoms with van der Waals surface area (Å²) in [5, 5.41) is 4.65. The van der Waals surface area contributed by atoms with Gasteiger partial charge in [-0.05, 0) is 31.0 Å². The summed E-state index contributed by atoms with van der Waals surface area (Å²) in [6.45, 7) is 0.246. The van der Waals surface area contributed by atoms with Crippen LogP contribution in [0.4, 0.5) is 0 Å². The van der Waals surface area contributed by atoms with E-state index in [9.17, 15) is 4.79 Å². The number of hydrogen-bond acceptors (Lipinski definition) is 4. The SMILES string of the molecule is O=Cc1cn(C2CCCC2)nc1-c1ccc2c(c1)OCO2. The average Bonchev–Trinajstić information content (AvgIpc) is 3.24. The van der Waals surface area contributed by atoms with E-state index in [4.69, 9.17) is 9.47 Å². The quantitative estimate of drug-likeness (QED) is 0.812. The lowest BCUT2D eigenvalue weighted by molar-refractivity contribution is 0.112. The van der Waals surface area contributed by atoms with Crippen molar-refractivity contribution in [3.63, 3.8) is 0 Å². The van der Waals surface area contributed by atoms with Gasteiger partial charge in [-0.15, -0.1) is 0 Å². The van der Waals surface area contributed by atoms with Crippen molar-refractivity contribution in [2.75, 3.05) is 6.79 Å². The van der Waals surface area contributed by atoms with Crippen LogP contribution in [0.2, 0.25) is 0 Å². The third-order valence-corrected chi connectivity index (χ3v) is 4.23. The fourth-order valence-electron chi connectivity index (χ4n) is 3.12. The van der Waals surface area contributed by atoms with Crippen LogP contribution in [-0.4, -0.2) is 22.9 Å². The number of fused-ring (bicyclic) bond motifs is 1. The monoisotopic (exact) mass is 284 g/mol. The van der Waals surface area contributed by atoms with Gasteiger partial charge in [0.15, 0.2) is 17.8 Å². The Hall–Kier alpha value is -2.30. The molecule has 2 aliphatic rings. The molecular formula is C16H16N2O3. The fourth-order valence-corrected chi connectivity index (χ4v) is 3.12. The number of rotatable bonds is 3. The highest BCUT2D eigenvalue weighted by molar-refractivity contribution is 5.85. The van der Waals surface area contributed by atoms with Crippen molar-refractivity contribution < 1.29 is 14.3 Å². The van der Waals surface area contributed by atoms with Crippen molar-refractivity contribution in [1.82, 2.24) is 9.78 Å². The molecule has 2 heterocycles. The zero-order valence-corrected chi connectivity index (χ0v) is 11.6. The maximum absolute atomic E-state index is 11.4. The summed E-state index contributed by atoms with van der Waals surface area (Å²) in [6, 6.07) is 6.09. The van der Waals surface area contributed by atoms with Crippen molar-refractivity contribution in [1.29, 1.82) is 0 Å². The predicted octanol–water partition coefficient (Wildman–Crippen LogP) is 3.21. The molecule has 1 fully saturated rings. The lowest BCUT2D eigenvalue weighted by atomic mass is 10.1. The molecule has 0 saturated heterocycles. The van der Waals surface area contributed by atoms with E-state index < -0.39 is 0 Å². The fraction of sp³-hybridized carbons (Fsp3) is 0.375. The second kappa shape index (κ2) is 4.91. The van der Waals surface area contributed by atoms with E-state index in [1.165, 1.54) is 12.8 Å². The van der Waals surface area contributed by atoms with Crippen LogP contribution in [0.1, 0.15) is 42.1 Å². The molecule has 0 unspecified atom stereocenters. The number of carbonyl (C=O) groups is 1. The van der Waals surface area contributed by atoms with E-state index in [0.717, 1.165) is 36.1 Å². The Labute approximate surface area is 122 Å². The molecule has 0 atom stereocenters. The van der Waals surface area contributed by atoms with Crippen molar-refractivity contribution in [3.8, 4) is 22.8 Å². The third kappa shape index (κ3) is 2.09. The van der Waals surface area contributed by atoms with Crippen LogP contribution in [0.25, 0.3) is 11.3 Å². The second-order valence-electron chi connectivity index (χ2n) is 5.54. The minimum Gasteiger partial charge on any atom is -0.454 e. The standard InChI is InChI=1S/C16H16N2O3/c19-9-12-8-18(13-3-1-2-4-13)17-16(12)11-5-6-14-15(7-11)21-10-20-14/h5-9,13H,1-4,10H2. The molecule has 5 nitrogen and oxygen atoms in total. The van der Waals surface area contributed by atoms with Gasteiger partial charge in [-0.2, -0.15) is 5.10 Å². The smallest absolute Gasteiger partial charge is 0.231 e. The van der Waals surface area contributed by atoms with Crippen LogP contribution in [0.5, 0.6) is 11.5 Å². The summed E-state index contributed by atoms with van der Waals surface area (Å²) in [4.78, 5) is 11.4. The van der Waals surface area contributed by atoms with E-state index in [2.05, 4.69) is 5.10 Å². The molecule has 4 rings (SSSR count). The second-order valence-corrected chi connectivity index (χ2v) is 5.54. The zero-order chi connectivity index (χ0) is 14.2. The molecule has 0 amide bonds. The molecular weight excluding hydrogens is 268 g/mol. The third-order valence-electron chi connectivity index (χ3n) is 4.23. The largest absolute Gasteiger partial charge is 0.454 e. The molecule has 0 spiro atoms. The van der Waals surface area contributed by atoms with Gasteiger partial charge in [-0.3, -0.25) is 9.48 Å². The number of ether oxygens (including phenoxy) is 2. The first-order valence-electron chi connectivity index (χ1n) is 7.29. The number of aromatic nitrogens is 2. The predicted molar refractivity (Wildman–Crippen MR) is 76.7 cm³/mol. The first-order chi connectivity index (χ1) is 10.3. The summed E-state index contributed by atoms with van der Waals surface area (Å²) in [5.41, 5.74) is 2.23. The average molecular weight is 284 g/mol. The number of aldehydes is 1. The number of benzene rings is 1. The summed E-state index contributed by atoms with van der Waals surface area (Å²) < 4.78 is 12.7. The minimum atomic E-state index is 0.246. The van der Waals surface area contributed by atoms with E-state index in [1.807, 2.05) is 29.1 Å². The summed E-state index contributed by atoms with van der Waals surface area (Å²) in [6.07, 6.45) is 7.49. The normalized spacial score (nSPS) is 17.3. The maximum Gasteiger partial charge on any atom is 0.231 e. The van der Waals surface area contributed by atoms with E-state index in [-0.39, 0.29) is 6.79 Å². The summed E-state index contributed by atoms with van der Waals surface area (Å²) in [7, 11) is 0.